The maximum atomic E-state index is 5.56. The Morgan fingerprint density at radius 3 is 2.57 bits per heavy atom. The average Bonchev–Trinajstić information content (AvgIpc) is 3.10. The molecule has 1 saturated carbocycles. The van der Waals surface area contributed by atoms with Crippen molar-refractivity contribution < 1.29 is 0 Å². The number of fused-ring (bicyclic) bond motifs is 2. The first-order valence-electron chi connectivity index (χ1n) is 7.70. The van der Waals surface area contributed by atoms with E-state index in [2.05, 4.69) is 20.1 Å². The van der Waals surface area contributed by atoms with Crippen molar-refractivity contribution in [3.8, 4) is 11.1 Å². The van der Waals surface area contributed by atoms with Crippen molar-refractivity contribution in [2.24, 2.45) is 0 Å². The Kier molecular flexibility index (Phi) is 3.38. The molecule has 0 bridgehead atoms. The molecule has 1 fully saturated rings. The number of aromatic nitrogens is 6. The molecular formula is C16H17N7. The van der Waals surface area contributed by atoms with Gasteiger partial charge in [-0.2, -0.15) is 0 Å². The van der Waals surface area contributed by atoms with Gasteiger partial charge in [0.15, 0.2) is 0 Å². The number of nitrogens with zero attached hydrogens (tertiary/aromatic N) is 6. The molecule has 1 aliphatic carbocycles. The summed E-state index contributed by atoms with van der Waals surface area (Å²) < 4.78 is 3.58. The van der Waals surface area contributed by atoms with Crippen LogP contribution in [0.2, 0.25) is 0 Å². The van der Waals surface area contributed by atoms with Crippen LogP contribution >= 0.6 is 0 Å². The minimum atomic E-state index is 0.248. The minimum absolute atomic E-state index is 0.248. The highest BCUT2D eigenvalue weighted by Gasteiger charge is 2.08. The Labute approximate surface area is 132 Å². The molecule has 0 unspecified atom stereocenters. The predicted molar refractivity (Wildman–Crippen MR) is 87.8 cm³/mol. The van der Waals surface area contributed by atoms with Crippen LogP contribution in [0.15, 0.2) is 43.2 Å². The van der Waals surface area contributed by atoms with Gasteiger partial charge in [0.2, 0.25) is 11.7 Å². The third-order valence-electron chi connectivity index (χ3n) is 3.99. The Morgan fingerprint density at radius 1 is 0.957 bits per heavy atom. The topological polar surface area (TPSA) is 86.4 Å². The first-order valence-corrected chi connectivity index (χ1v) is 7.70. The van der Waals surface area contributed by atoms with E-state index in [4.69, 9.17) is 5.73 Å². The van der Waals surface area contributed by atoms with Gasteiger partial charge in [-0.15, -0.1) is 5.10 Å². The van der Waals surface area contributed by atoms with Crippen molar-refractivity contribution in [1.29, 1.82) is 0 Å². The number of imidazole rings is 1. The molecule has 0 radical (unpaired) electrons. The smallest absolute Gasteiger partial charge is 0.238 e. The Bertz CT molecular complexity index is 945. The maximum absolute atomic E-state index is 5.56. The molecule has 0 atom stereocenters. The largest absolute Gasteiger partial charge is 0.367 e. The number of nitrogen functional groups attached to an aromatic ring is 1. The van der Waals surface area contributed by atoms with Crippen molar-refractivity contribution in [2.75, 3.05) is 5.73 Å². The summed E-state index contributed by atoms with van der Waals surface area (Å²) in [6, 6.07) is 1.96. The molecule has 4 aromatic rings. The van der Waals surface area contributed by atoms with E-state index in [1.54, 1.807) is 23.1 Å². The molecule has 7 nitrogen and oxygen atoms in total. The molecule has 23 heavy (non-hydrogen) atoms. The summed E-state index contributed by atoms with van der Waals surface area (Å²) in [5.41, 5.74) is 8.43. The molecule has 7 heteroatoms. The van der Waals surface area contributed by atoms with E-state index < -0.39 is 0 Å². The maximum Gasteiger partial charge on any atom is 0.238 e. The molecule has 0 saturated heterocycles. The molecule has 0 aliphatic heterocycles. The first kappa shape index (κ1) is 13.7. The van der Waals surface area contributed by atoms with Gasteiger partial charge < -0.3 is 5.73 Å². The predicted octanol–water partition coefficient (Wildman–Crippen LogP) is 2.58. The zero-order valence-corrected chi connectivity index (χ0v) is 12.6. The minimum Gasteiger partial charge on any atom is -0.367 e. The van der Waals surface area contributed by atoms with Crippen LogP contribution < -0.4 is 5.73 Å². The fraction of sp³-hybridized carbons (Fsp3) is 0.250. The second-order valence-corrected chi connectivity index (χ2v) is 5.57. The highest BCUT2D eigenvalue weighted by atomic mass is 15.3. The summed E-state index contributed by atoms with van der Waals surface area (Å²) in [5.74, 6) is 0.922. The van der Waals surface area contributed by atoms with Gasteiger partial charge in [0.25, 0.3) is 0 Å². The van der Waals surface area contributed by atoms with Crippen LogP contribution in [0.25, 0.3) is 22.4 Å². The summed E-state index contributed by atoms with van der Waals surface area (Å²) >= 11 is 0. The number of hydrogen-bond donors (Lipinski definition) is 1. The summed E-state index contributed by atoms with van der Waals surface area (Å²) in [6.07, 6.45) is 16.9. The molecule has 0 spiro atoms. The molecule has 2 N–H and O–H groups in total. The van der Waals surface area contributed by atoms with E-state index in [1.807, 2.05) is 29.1 Å². The van der Waals surface area contributed by atoms with Gasteiger partial charge in [0.1, 0.15) is 0 Å². The average molecular weight is 307 g/mol. The third kappa shape index (κ3) is 2.61. The van der Waals surface area contributed by atoms with Crippen LogP contribution in [0, 0.1) is 0 Å². The van der Waals surface area contributed by atoms with E-state index in [0.29, 0.717) is 5.78 Å². The van der Waals surface area contributed by atoms with Crippen LogP contribution in [0.1, 0.15) is 25.7 Å². The highest BCUT2D eigenvalue weighted by molar-refractivity contribution is 5.79. The lowest BCUT2D eigenvalue weighted by atomic mass is 10.0. The lowest BCUT2D eigenvalue weighted by molar-refractivity contribution is 0.504. The van der Waals surface area contributed by atoms with Crippen LogP contribution in [-0.4, -0.2) is 29.0 Å². The van der Waals surface area contributed by atoms with Gasteiger partial charge in [0.05, 0.1) is 11.7 Å². The van der Waals surface area contributed by atoms with Gasteiger partial charge in [-0.1, -0.05) is 25.7 Å². The molecule has 4 aromatic heterocycles. The van der Waals surface area contributed by atoms with E-state index in [0.717, 1.165) is 16.6 Å². The summed E-state index contributed by atoms with van der Waals surface area (Å²) in [5, 5.41) is 4.12. The second kappa shape index (κ2) is 5.68. The second-order valence-electron chi connectivity index (χ2n) is 5.57. The molecule has 0 aromatic carbocycles. The van der Waals surface area contributed by atoms with Gasteiger partial charge in [-0.25, -0.2) is 19.5 Å². The quantitative estimate of drug-likeness (QED) is 0.584. The normalized spacial score (nSPS) is 13.6. The zero-order chi connectivity index (χ0) is 15.6. The zero-order valence-electron chi connectivity index (χ0n) is 12.6. The van der Waals surface area contributed by atoms with Crippen molar-refractivity contribution in [3.05, 3.63) is 43.2 Å². The fourth-order valence-electron chi connectivity index (χ4n) is 2.36. The van der Waals surface area contributed by atoms with E-state index in [1.165, 1.54) is 25.7 Å². The van der Waals surface area contributed by atoms with Gasteiger partial charge in [-0.3, -0.25) is 4.40 Å². The monoisotopic (exact) mass is 307 g/mol. The van der Waals surface area contributed by atoms with E-state index >= 15 is 0 Å². The Hall–Kier alpha value is -2.96. The third-order valence-corrected chi connectivity index (χ3v) is 3.99. The van der Waals surface area contributed by atoms with E-state index in [-0.39, 0.29) is 5.95 Å². The number of rotatable bonds is 1. The van der Waals surface area contributed by atoms with Crippen molar-refractivity contribution in [1.82, 2.24) is 29.0 Å². The van der Waals surface area contributed by atoms with Gasteiger partial charge in [0, 0.05) is 42.1 Å². The summed E-state index contributed by atoms with van der Waals surface area (Å²) in [6.45, 7) is 0. The molecule has 116 valence electrons. The van der Waals surface area contributed by atoms with E-state index in [9.17, 15) is 0 Å². The van der Waals surface area contributed by atoms with Crippen molar-refractivity contribution in [3.63, 3.8) is 0 Å². The molecular weight excluding hydrogens is 290 g/mol. The van der Waals surface area contributed by atoms with Crippen LogP contribution in [0.4, 0.5) is 5.95 Å². The summed E-state index contributed by atoms with van der Waals surface area (Å²) in [4.78, 5) is 12.4. The molecule has 5 rings (SSSR count). The Morgan fingerprint density at radius 2 is 1.78 bits per heavy atom. The SMILES string of the molecule is C1CCC1.Nc1ncc2c(-c3cnc4nccn4c3)ccn2n1. The first-order chi connectivity index (χ1) is 11.3. The highest BCUT2D eigenvalue weighted by Crippen LogP contribution is 2.24. The lowest BCUT2D eigenvalue weighted by Gasteiger charge is -2.05. The molecule has 1 aliphatic rings. The Balaban J connectivity index is 0.000000297. The number of hydrogen-bond acceptors (Lipinski definition) is 5. The number of nitrogens with two attached hydrogens (primary N) is 1. The lowest BCUT2D eigenvalue weighted by Crippen LogP contribution is -1.99. The van der Waals surface area contributed by atoms with Crippen molar-refractivity contribution >= 4 is 17.2 Å². The van der Waals surface area contributed by atoms with Crippen LogP contribution in [0.5, 0.6) is 0 Å². The number of anilines is 1. The molecule has 0 amide bonds. The van der Waals surface area contributed by atoms with Gasteiger partial charge in [-0.05, 0) is 6.07 Å². The van der Waals surface area contributed by atoms with Crippen molar-refractivity contribution in [2.45, 2.75) is 25.7 Å². The van der Waals surface area contributed by atoms with Crippen LogP contribution in [0.3, 0.4) is 0 Å². The van der Waals surface area contributed by atoms with Gasteiger partial charge >= 0.3 is 0 Å². The summed E-state index contributed by atoms with van der Waals surface area (Å²) in [7, 11) is 0. The fourth-order valence-corrected chi connectivity index (χ4v) is 2.36. The molecule has 4 heterocycles. The van der Waals surface area contributed by atoms with Crippen LogP contribution in [-0.2, 0) is 0 Å². The standard InChI is InChI=1S/C12H9N7.C4H8/c13-11-15-6-10-9(1-3-19(10)17-11)8-5-16-12-14-2-4-18(12)7-8;1-2-4-3-1/h1-7H,(H2,13,17);1-4H2.